The highest BCUT2D eigenvalue weighted by atomic mass is 35.5. The van der Waals surface area contributed by atoms with Gasteiger partial charge in [0.2, 0.25) is 5.91 Å². The Labute approximate surface area is 180 Å². The van der Waals surface area contributed by atoms with Gasteiger partial charge in [0.25, 0.3) is 5.91 Å². The molecule has 1 saturated heterocycles. The smallest absolute Gasteiger partial charge is 0.310 e. The molecule has 2 amide bonds. The van der Waals surface area contributed by atoms with Gasteiger partial charge in [-0.05, 0) is 51.0 Å². The van der Waals surface area contributed by atoms with Crippen LogP contribution in [0.3, 0.4) is 0 Å². The molecular formula is C22H26ClN3O4. The summed E-state index contributed by atoms with van der Waals surface area (Å²) in [4.78, 5) is 45.3. The van der Waals surface area contributed by atoms with Crippen molar-refractivity contribution < 1.29 is 19.1 Å². The molecule has 1 aliphatic rings. The average Bonchev–Trinajstić information content (AvgIpc) is 2.73. The highest BCUT2D eigenvalue weighted by Gasteiger charge is 2.30. The summed E-state index contributed by atoms with van der Waals surface area (Å²) in [6, 6.07) is 7.08. The van der Waals surface area contributed by atoms with Crippen molar-refractivity contribution >= 4 is 40.3 Å². The molecule has 2 aromatic rings. The molecule has 0 spiro atoms. The van der Waals surface area contributed by atoms with Crippen LogP contribution in [0.5, 0.6) is 0 Å². The molecule has 1 aliphatic heterocycles. The largest absolute Gasteiger partial charge is 0.466 e. The van der Waals surface area contributed by atoms with E-state index in [0.717, 1.165) is 17.3 Å². The molecule has 7 nitrogen and oxygen atoms in total. The number of aromatic nitrogens is 1. The van der Waals surface area contributed by atoms with Gasteiger partial charge in [0.05, 0.1) is 35.8 Å². The van der Waals surface area contributed by atoms with Gasteiger partial charge in [-0.15, -0.1) is 0 Å². The Bertz CT molecular complexity index is 978. The van der Waals surface area contributed by atoms with Crippen molar-refractivity contribution in [3.63, 3.8) is 0 Å². The molecule has 2 heterocycles. The summed E-state index contributed by atoms with van der Waals surface area (Å²) in [7, 11) is 1.59. The Morgan fingerprint density at radius 3 is 2.80 bits per heavy atom. The van der Waals surface area contributed by atoms with E-state index in [1.807, 2.05) is 6.07 Å². The van der Waals surface area contributed by atoms with Crippen LogP contribution in [-0.4, -0.2) is 65.9 Å². The summed E-state index contributed by atoms with van der Waals surface area (Å²) in [6.45, 7) is 4.69. The fourth-order valence-corrected chi connectivity index (χ4v) is 3.88. The minimum absolute atomic E-state index is 0.0681. The predicted octanol–water partition coefficient (Wildman–Crippen LogP) is 3.07. The van der Waals surface area contributed by atoms with E-state index in [0.29, 0.717) is 42.4 Å². The second-order valence-electron chi connectivity index (χ2n) is 7.55. The highest BCUT2D eigenvalue weighted by Crippen LogP contribution is 2.22. The van der Waals surface area contributed by atoms with E-state index < -0.39 is 0 Å². The Kier molecular flexibility index (Phi) is 6.92. The summed E-state index contributed by atoms with van der Waals surface area (Å²) in [6.07, 6.45) is 1.45. The molecule has 0 radical (unpaired) electrons. The summed E-state index contributed by atoms with van der Waals surface area (Å²) in [5.41, 5.74) is 1.78. The van der Waals surface area contributed by atoms with Crippen LogP contribution < -0.4 is 0 Å². The van der Waals surface area contributed by atoms with E-state index in [2.05, 4.69) is 4.98 Å². The number of fused-ring (bicyclic) bond motifs is 1. The lowest BCUT2D eigenvalue weighted by Gasteiger charge is -2.32. The molecule has 1 atom stereocenters. The molecule has 160 valence electrons. The molecule has 0 saturated carbocycles. The number of likely N-dealkylation sites (N-methyl/N-ethyl adjacent to an activating group) is 1. The van der Waals surface area contributed by atoms with E-state index in [1.165, 1.54) is 4.90 Å². The zero-order valence-electron chi connectivity index (χ0n) is 17.5. The molecule has 1 fully saturated rings. The SMILES string of the molecule is CCOC(=O)C1CCCN(C(=O)CN(C)C(=O)c2cc3cc(Cl)ccc3nc2C)C1. The molecule has 1 unspecified atom stereocenters. The van der Waals surface area contributed by atoms with Crippen LogP contribution in [0.15, 0.2) is 24.3 Å². The van der Waals surface area contributed by atoms with Gasteiger partial charge in [-0.2, -0.15) is 0 Å². The van der Waals surface area contributed by atoms with Crippen LogP contribution >= 0.6 is 11.6 Å². The third kappa shape index (κ3) is 4.90. The zero-order chi connectivity index (χ0) is 21.8. The Morgan fingerprint density at radius 1 is 1.30 bits per heavy atom. The van der Waals surface area contributed by atoms with E-state index >= 15 is 0 Å². The number of amides is 2. The Balaban J connectivity index is 1.69. The first kappa shape index (κ1) is 22.0. The van der Waals surface area contributed by atoms with Gasteiger partial charge in [0.1, 0.15) is 0 Å². The van der Waals surface area contributed by atoms with Gasteiger partial charge < -0.3 is 14.5 Å². The third-order valence-electron chi connectivity index (χ3n) is 5.31. The maximum atomic E-state index is 13.0. The fourth-order valence-electron chi connectivity index (χ4n) is 3.70. The highest BCUT2D eigenvalue weighted by molar-refractivity contribution is 6.31. The first-order valence-corrected chi connectivity index (χ1v) is 10.4. The normalized spacial score (nSPS) is 16.4. The number of aryl methyl sites for hydroxylation is 1. The summed E-state index contributed by atoms with van der Waals surface area (Å²) in [5, 5.41) is 1.33. The van der Waals surface area contributed by atoms with Crippen molar-refractivity contribution in [1.29, 1.82) is 0 Å². The van der Waals surface area contributed by atoms with E-state index in [-0.39, 0.29) is 30.2 Å². The fraction of sp³-hybridized carbons (Fsp3) is 0.455. The van der Waals surface area contributed by atoms with Crippen LogP contribution in [0.2, 0.25) is 5.02 Å². The van der Waals surface area contributed by atoms with Crippen LogP contribution in [-0.2, 0) is 14.3 Å². The van der Waals surface area contributed by atoms with Gasteiger partial charge in [-0.3, -0.25) is 19.4 Å². The third-order valence-corrected chi connectivity index (χ3v) is 5.55. The molecule has 8 heteroatoms. The van der Waals surface area contributed by atoms with Gasteiger partial charge in [0, 0.05) is 30.5 Å². The van der Waals surface area contributed by atoms with Crippen molar-refractivity contribution in [2.24, 2.45) is 5.92 Å². The summed E-state index contributed by atoms with van der Waals surface area (Å²) in [5.74, 6) is -1.04. The molecular weight excluding hydrogens is 406 g/mol. The van der Waals surface area contributed by atoms with Crippen molar-refractivity contribution in [3.8, 4) is 0 Å². The van der Waals surface area contributed by atoms with Gasteiger partial charge in [-0.25, -0.2) is 0 Å². The number of rotatable bonds is 5. The number of carbonyl (C=O) groups is 3. The number of nitrogens with zero attached hydrogens (tertiary/aromatic N) is 3. The average molecular weight is 432 g/mol. The van der Waals surface area contributed by atoms with Crippen LogP contribution in [0, 0.1) is 12.8 Å². The van der Waals surface area contributed by atoms with E-state index in [1.54, 1.807) is 44.0 Å². The minimum atomic E-state index is -0.305. The summed E-state index contributed by atoms with van der Waals surface area (Å²) < 4.78 is 5.09. The number of hydrogen-bond acceptors (Lipinski definition) is 5. The zero-order valence-corrected chi connectivity index (χ0v) is 18.2. The first-order chi connectivity index (χ1) is 14.3. The van der Waals surface area contributed by atoms with E-state index in [9.17, 15) is 14.4 Å². The van der Waals surface area contributed by atoms with Crippen molar-refractivity contribution in [1.82, 2.24) is 14.8 Å². The molecule has 1 aromatic heterocycles. The second kappa shape index (κ2) is 9.43. The second-order valence-corrected chi connectivity index (χ2v) is 7.99. The minimum Gasteiger partial charge on any atom is -0.466 e. The van der Waals surface area contributed by atoms with Gasteiger partial charge in [0.15, 0.2) is 0 Å². The maximum Gasteiger partial charge on any atom is 0.310 e. The topological polar surface area (TPSA) is 79.8 Å². The summed E-state index contributed by atoms with van der Waals surface area (Å²) >= 11 is 6.06. The number of piperidine rings is 1. The Morgan fingerprint density at radius 2 is 2.07 bits per heavy atom. The first-order valence-electron chi connectivity index (χ1n) is 10.1. The molecule has 3 rings (SSSR count). The predicted molar refractivity (Wildman–Crippen MR) is 114 cm³/mol. The standard InChI is InChI=1S/C22H26ClN3O4/c1-4-30-22(29)15-6-5-9-26(12-15)20(27)13-25(3)21(28)18-11-16-10-17(23)7-8-19(16)24-14(18)2/h7-8,10-11,15H,4-6,9,12-13H2,1-3H3. The molecule has 30 heavy (non-hydrogen) atoms. The van der Waals surface area contributed by atoms with Crippen LogP contribution in [0.4, 0.5) is 0 Å². The number of pyridine rings is 1. The number of likely N-dealkylation sites (tertiary alicyclic amines) is 1. The van der Waals surface area contributed by atoms with E-state index in [4.69, 9.17) is 16.3 Å². The molecule has 0 bridgehead atoms. The quantitative estimate of drug-likeness (QED) is 0.680. The number of hydrogen-bond donors (Lipinski definition) is 0. The van der Waals surface area contributed by atoms with Crippen LogP contribution in [0.25, 0.3) is 10.9 Å². The maximum absolute atomic E-state index is 13.0. The van der Waals surface area contributed by atoms with Gasteiger partial charge >= 0.3 is 5.97 Å². The number of esters is 1. The number of halogens is 1. The van der Waals surface area contributed by atoms with Crippen molar-refractivity contribution in [2.45, 2.75) is 26.7 Å². The van der Waals surface area contributed by atoms with Gasteiger partial charge in [-0.1, -0.05) is 11.6 Å². The Hall–Kier alpha value is -2.67. The molecule has 1 aromatic carbocycles. The lowest BCUT2D eigenvalue weighted by molar-refractivity contribution is -0.151. The number of carbonyl (C=O) groups excluding carboxylic acids is 3. The number of ether oxygens (including phenoxy) is 1. The van der Waals surface area contributed by atoms with Crippen molar-refractivity contribution in [3.05, 3.63) is 40.5 Å². The number of benzene rings is 1. The van der Waals surface area contributed by atoms with Crippen LogP contribution in [0.1, 0.15) is 35.8 Å². The lowest BCUT2D eigenvalue weighted by atomic mass is 9.98. The molecule has 0 N–H and O–H groups in total. The monoisotopic (exact) mass is 431 g/mol. The van der Waals surface area contributed by atoms with Crippen molar-refractivity contribution in [2.75, 3.05) is 33.3 Å². The lowest BCUT2D eigenvalue weighted by Crippen LogP contribution is -2.47. The molecule has 0 aliphatic carbocycles.